The highest BCUT2D eigenvalue weighted by atomic mass is 16.6. The molecule has 0 spiro atoms. The zero-order valence-corrected chi connectivity index (χ0v) is 30.8. The van der Waals surface area contributed by atoms with Crippen molar-refractivity contribution in [1.29, 1.82) is 0 Å². The van der Waals surface area contributed by atoms with E-state index >= 15 is 0 Å². The Labute approximate surface area is 296 Å². The van der Waals surface area contributed by atoms with Gasteiger partial charge < -0.3 is 57.6 Å². The van der Waals surface area contributed by atoms with Crippen molar-refractivity contribution in [2.45, 2.75) is 96.5 Å². The van der Waals surface area contributed by atoms with Crippen molar-refractivity contribution in [3.05, 3.63) is 0 Å². The van der Waals surface area contributed by atoms with Crippen LogP contribution in [0.3, 0.4) is 0 Å². The van der Waals surface area contributed by atoms with Crippen molar-refractivity contribution in [2.75, 3.05) is 132 Å². The summed E-state index contributed by atoms with van der Waals surface area (Å²) in [6.07, 6.45) is 15.3. The van der Waals surface area contributed by atoms with Crippen LogP contribution in [0, 0.1) is 0 Å². The number of hydrogen-bond donors (Lipinski definition) is 2. The molecule has 0 saturated heterocycles. The lowest BCUT2D eigenvalue weighted by molar-refractivity contribution is -0.148. The van der Waals surface area contributed by atoms with E-state index in [4.69, 9.17) is 57.6 Å². The summed E-state index contributed by atoms with van der Waals surface area (Å²) in [5, 5.41) is 17.8. The number of aliphatic hydroxyl groups is 2. The molecule has 0 rings (SSSR count). The Hall–Kier alpha value is -0.970. The summed E-state index contributed by atoms with van der Waals surface area (Å²) in [7, 11) is 0. The number of esters is 1. The lowest BCUT2D eigenvalue weighted by Gasteiger charge is -2.09. The Bertz CT molecular complexity index is 630. The average Bonchev–Trinajstić information content (AvgIpc) is 3.11. The van der Waals surface area contributed by atoms with Gasteiger partial charge in [0.05, 0.1) is 125 Å². The SMILES string of the molecule is CCCCCCCCCCCCCCOCCOCCOCCOCCOCCOCCOCCOCCOCCC(=O)OCC(O)CO. The molecular formula is C36H72O13. The number of hydrogen-bond acceptors (Lipinski definition) is 13. The van der Waals surface area contributed by atoms with E-state index in [1.165, 1.54) is 70.6 Å². The van der Waals surface area contributed by atoms with Crippen molar-refractivity contribution < 1.29 is 62.4 Å². The highest BCUT2D eigenvalue weighted by molar-refractivity contribution is 5.69. The fourth-order valence-electron chi connectivity index (χ4n) is 4.38. The predicted molar refractivity (Wildman–Crippen MR) is 187 cm³/mol. The molecule has 1 unspecified atom stereocenters. The molecule has 0 radical (unpaired) electrons. The zero-order chi connectivity index (χ0) is 35.6. The second-order valence-electron chi connectivity index (χ2n) is 11.7. The minimum Gasteiger partial charge on any atom is -0.463 e. The molecule has 0 aromatic carbocycles. The first-order valence-corrected chi connectivity index (χ1v) is 18.8. The van der Waals surface area contributed by atoms with Crippen LogP contribution >= 0.6 is 0 Å². The van der Waals surface area contributed by atoms with E-state index in [9.17, 15) is 4.79 Å². The normalized spacial score (nSPS) is 12.1. The maximum atomic E-state index is 11.4. The van der Waals surface area contributed by atoms with E-state index in [2.05, 4.69) is 6.92 Å². The maximum Gasteiger partial charge on any atom is 0.308 e. The van der Waals surface area contributed by atoms with Gasteiger partial charge in [-0.05, 0) is 6.42 Å². The molecule has 0 saturated carbocycles. The first-order chi connectivity index (χ1) is 24.2. The average molecular weight is 713 g/mol. The first-order valence-electron chi connectivity index (χ1n) is 18.8. The summed E-state index contributed by atoms with van der Waals surface area (Å²) < 4.78 is 54.0. The molecule has 2 N–H and O–H groups in total. The number of unbranched alkanes of at least 4 members (excludes halogenated alkanes) is 11. The van der Waals surface area contributed by atoms with Crippen LogP contribution in [0.1, 0.15) is 90.4 Å². The minimum atomic E-state index is -1.05. The van der Waals surface area contributed by atoms with E-state index in [1.807, 2.05) is 0 Å². The molecule has 0 bridgehead atoms. The zero-order valence-electron chi connectivity index (χ0n) is 30.8. The van der Waals surface area contributed by atoms with Crippen molar-refractivity contribution in [2.24, 2.45) is 0 Å². The van der Waals surface area contributed by atoms with Crippen LogP contribution < -0.4 is 0 Å². The molecule has 0 amide bonds. The van der Waals surface area contributed by atoms with Crippen LogP contribution in [0.25, 0.3) is 0 Å². The lowest BCUT2D eigenvalue weighted by Crippen LogP contribution is -2.22. The second-order valence-corrected chi connectivity index (χ2v) is 11.7. The van der Waals surface area contributed by atoms with Crippen LogP contribution in [-0.2, 0) is 52.2 Å². The molecule has 0 aliphatic carbocycles. The highest BCUT2D eigenvalue weighted by Crippen LogP contribution is 2.12. The second kappa shape index (κ2) is 43.2. The molecule has 13 heteroatoms. The standard InChI is InChI=1S/C36H72O13/c1-2-3-4-5-6-7-8-9-10-11-12-13-15-40-17-19-42-21-23-44-25-27-46-29-31-48-32-30-47-28-26-45-24-22-43-20-18-41-16-14-36(39)49-34-35(38)33-37/h35,37-38H,2-34H2,1H3. The Balaban J connectivity index is 3.09. The monoisotopic (exact) mass is 712 g/mol. The van der Waals surface area contributed by atoms with Gasteiger partial charge in [0.2, 0.25) is 0 Å². The van der Waals surface area contributed by atoms with Gasteiger partial charge in [0.1, 0.15) is 12.7 Å². The Morgan fingerprint density at radius 1 is 0.429 bits per heavy atom. The van der Waals surface area contributed by atoms with Gasteiger partial charge in [-0.2, -0.15) is 0 Å². The molecule has 0 aliphatic rings. The molecule has 49 heavy (non-hydrogen) atoms. The third-order valence-electron chi connectivity index (χ3n) is 7.22. The van der Waals surface area contributed by atoms with E-state index in [1.54, 1.807) is 0 Å². The van der Waals surface area contributed by atoms with E-state index in [0.29, 0.717) is 106 Å². The molecule has 0 heterocycles. The van der Waals surface area contributed by atoms with Crippen molar-refractivity contribution in [1.82, 2.24) is 0 Å². The van der Waals surface area contributed by atoms with Crippen molar-refractivity contribution >= 4 is 5.97 Å². The van der Waals surface area contributed by atoms with Gasteiger partial charge in [-0.25, -0.2) is 0 Å². The maximum absolute atomic E-state index is 11.4. The lowest BCUT2D eigenvalue weighted by atomic mass is 10.1. The first kappa shape index (κ1) is 48.0. The van der Waals surface area contributed by atoms with Crippen LogP contribution in [0.15, 0.2) is 0 Å². The third-order valence-corrected chi connectivity index (χ3v) is 7.22. The number of aliphatic hydroxyl groups excluding tert-OH is 2. The Morgan fingerprint density at radius 3 is 1.04 bits per heavy atom. The molecule has 294 valence electrons. The summed E-state index contributed by atoms with van der Waals surface area (Å²) in [5.74, 6) is -0.490. The molecule has 1 atom stereocenters. The molecule has 13 nitrogen and oxygen atoms in total. The van der Waals surface area contributed by atoms with E-state index in [0.717, 1.165) is 13.0 Å². The molecule has 0 aliphatic heterocycles. The number of ether oxygens (including phenoxy) is 10. The summed E-state index contributed by atoms with van der Waals surface area (Å²) in [6.45, 7) is 10.6. The number of carbonyl (C=O) groups is 1. The number of rotatable bonds is 43. The topological polar surface area (TPSA) is 150 Å². The van der Waals surface area contributed by atoms with Gasteiger partial charge in [-0.3, -0.25) is 4.79 Å². The van der Waals surface area contributed by atoms with Gasteiger partial charge in [0, 0.05) is 6.61 Å². The summed E-state index contributed by atoms with van der Waals surface area (Å²) in [6, 6.07) is 0. The van der Waals surface area contributed by atoms with E-state index in [-0.39, 0.29) is 19.6 Å². The Kier molecular flexibility index (Phi) is 42.3. The summed E-state index contributed by atoms with van der Waals surface area (Å²) in [4.78, 5) is 11.4. The van der Waals surface area contributed by atoms with Gasteiger partial charge in [0.15, 0.2) is 0 Å². The van der Waals surface area contributed by atoms with Crippen molar-refractivity contribution in [3.8, 4) is 0 Å². The molecule has 0 fully saturated rings. The molecule has 0 aromatic rings. The minimum absolute atomic E-state index is 0.0724. The van der Waals surface area contributed by atoms with Crippen LogP contribution in [0.4, 0.5) is 0 Å². The largest absolute Gasteiger partial charge is 0.463 e. The van der Waals surface area contributed by atoms with Crippen LogP contribution in [-0.4, -0.2) is 154 Å². The smallest absolute Gasteiger partial charge is 0.308 e. The fourth-order valence-corrected chi connectivity index (χ4v) is 4.38. The summed E-state index contributed by atoms with van der Waals surface area (Å²) in [5.41, 5.74) is 0. The molecular weight excluding hydrogens is 640 g/mol. The predicted octanol–water partition coefficient (Wildman–Crippen LogP) is 4.12. The van der Waals surface area contributed by atoms with Crippen LogP contribution in [0.2, 0.25) is 0 Å². The van der Waals surface area contributed by atoms with Gasteiger partial charge >= 0.3 is 5.97 Å². The molecule has 0 aromatic heterocycles. The third kappa shape index (κ3) is 43.1. The number of carbonyl (C=O) groups excluding carboxylic acids is 1. The highest BCUT2D eigenvalue weighted by Gasteiger charge is 2.07. The Morgan fingerprint density at radius 2 is 0.714 bits per heavy atom. The summed E-state index contributed by atoms with van der Waals surface area (Å²) >= 11 is 0. The van der Waals surface area contributed by atoms with Gasteiger partial charge in [-0.1, -0.05) is 77.6 Å². The van der Waals surface area contributed by atoms with Gasteiger partial charge in [-0.15, -0.1) is 0 Å². The fraction of sp³-hybridized carbons (Fsp3) is 0.972. The van der Waals surface area contributed by atoms with Gasteiger partial charge in [0.25, 0.3) is 0 Å². The van der Waals surface area contributed by atoms with Crippen molar-refractivity contribution in [3.63, 3.8) is 0 Å². The van der Waals surface area contributed by atoms with Crippen LogP contribution in [0.5, 0.6) is 0 Å². The van der Waals surface area contributed by atoms with E-state index < -0.39 is 18.7 Å². The quantitative estimate of drug-likeness (QED) is 0.0690.